The van der Waals surface area contributed by atoms with Gasteiger partial charge in [-0.05, 0) is 35.3 Å². The van der Waals surface area contributed by atoms with Gasteiger partial charge in [-0.1, -0.05) is 64.8 Å². The van der Waals surface area contributed by atoms with Crippen molar-refractivity contribution in [2.75, 3.05) is 20.2 Å². The number of benzene rings is 1. The zero-order valence-corrected chi connectivity index (χ0v) is 20.9. The summed E-state index contributed by atoms with van der Waals surface area (Å²) in [6.07, 6.45) is 0. The van der Waals surface area contributed by atoms with E-state index in [1.165, 1.54) is 4.31 Å². The largest absolute Gasteiger partial charge is 0.415 e. The van der Waals surface area contributed by atoms with E-state index in [0.29, 0.717) is 18.5 Å². The summed E-state index contributed by atoms with van der Waals surface area (Å²) >= 11 is 6.85. The molecule has 1 rings (SSSR count). The number of halogens is 2. The Hall–Kier alpha value is 0.267. The fourth-order valence-electron chi connectivity index (χ4n) is 1.91. The summed E-state index contributed by atoms with van der Waals surface area (Å²) in [5.74, 6) is -0.0228. The number of likely N-dealkylation sites (N-methyl/N-ethyl adjacent to an activating group) is 1. The van der Waals surface area contributed by atoms with E-state index in [-0.39, 0.29) is 10.8 Å². The van der Waals surface area contributed by atoms with Crippen molar-refractivity contribution in [2.24, 2.45) is 0 Å². The Morgan fingerprint density at radius 1 is 1.24 bits per heavy atom. The zero-order valence-electron chi connectivity index (χ0n) is 15.9. The van der Waals surface area contributed by atoms with E-state index in [0.717, 1.165) is 15.6 Å². The minimum atomic E-state index is -3.39. The van der Waals surface area contributed by atoms with Gasteiger partial charge in [-0.15, -0.1) is 0 Å². The SMILES string of the molecule is CN(CCO[Si](C)(C)C(C)(C)C)S(=O)(=O)Cc1cc(CBr)ccc1Br. The van der Waals surface area contributed by atoms with Crippen LogP contribution in [0.4, 0.5) is 0 Å². The average molecular weight is 515 g/mol. The van der Waals surface area contributed by atoms with E-state index >= 15 is 0 Å². The molecule has 0 amide bonds. The van der Waals surface area contributed by atoms with E-state index in [2.05, 4.69) is 65.7 Å². The first kappa shape index (κ1) is 23.3. The van der Waals surface area contributed by atoms with Crippen LogP contribution in [0, 0.1) is 0 Å². The molecule has 4 nitrogen and oxygen atoms in total. The van der Waals surface area contributed by atoms with E-state index in [1.54, 1.807) is 7.05 Å². The lowest BCUT2D eigenvalue weighted by Gasteiger charge is -2.36. The second-order valence-electron chi connectivity index (χ2n) is 7.75. The number of rotatable bonds is 8. The van der Waals surface area contributed by atoms with E-state index in [9.17, 15) is 8.42 Å². The van der Waals surface area contributed by atoms with Gasteiger partial charge in [-0.3, -0.25) is 0 Å². The minimum absolute atomic E-state index is 0.0228. The Morgan fingerprint density at radius 3 is 2.36 bits per heavy atom. The van der Waals surface area contributed by atoms with Crippen LogP contribution < -0.4 is 0 Å². The third-order valence-electron chi connectivity index (χ3n) is 4.75. The van der Waals surface area contributed by atoms with Crippen LogP contribution in [-0.4, -0.2) is 41.2 Å². The number of nitrogens with zero attached hydrogens (tertiary/aromatic N) is 1. The van der Waals surface area contributed by atoms with Crippen LogP contribution in [0.2, 0.25) is 18.1 Å². The molecule has 144 valence electrons. The average Bonchev–Trinajstić information content (AvgIpc) is 2.47. The van der Waals surface area contributed by atoms with Crippen LogP contribution in [0.15, 0.2) is 22.7 Å². The number of sulfonamides is 1. The highest BCUT2D eigenvalue weighted by Crippen LogP contribution is 2.36. The number of hydrogen-bond acceptors (Lipinski definition) is 3. The van der Waals surface area contributed by atoms with Gasteiger partial charge in [0.05, 0.1) is 5.75 Å². The minimum Gasteiger partial charge on any atom is -0.415 e. The molecule has 0 saturated heterocycles. The molecule has 0 spiro atoms. The lowest BCUT2D eigenvalue weighted by atomic mass is 10.2. The molecule has 25 heavy (non-hydrogen) atoms. The quantitative estimate of drug-likeness (QED) is 0.357. The Labute approximate surface area is 170 Å². The van der Waals surface area contributed by atoms with Crippen molar-refractivity contribution in [1.82, 2.24) is 4.31 Å². The van der Waals surface area contributed by atoms with E-state index < -0.39 is 18.3 Å². The molecule has 0 atom stereocenters. The van der Waals surface area contributed by atoms with Crippen LogP contribution in [0.25, 0.3) is 0 Å². The molecular weight excluding hydrogens is 486 g/mol. The summed E-state index contributed by atoms with van der Waals surface area (Å²) in [4.78, 5) is 0. The highest BCUT2D eigenvalue weighted by atomic mass is 79.9. The summed E-state index contributed by atoms with van der Waals surface area (Å²) in [5.41, 5.74) is 1.83. The standard InChI is InChI=1S/C17H29Br2NO3SSi/c1-17(2,3)25(5,6)23-10-9-20(4)24(21,22)13-15-11-14(12-18)7-8-16(15)19/h7-8,11H,9-10,12-13H2,1-6H3. The molecule has 0 saturated carbocycles. The first-order valence-electron chi connectivity index (χ1n) is 8.21. The topological polar surface area (TPSA) is 46.6 Å². The maximum Gasteiger partial charge on any atom is 0.218 e. The normalized spacial score (nSPS) is 13.5. The van der Waals surface area contributed by atoms with Crippen molar-refractivity contribution in [3.63, 3.8) is 0 Å². The molecule has 0 N–H and O–H groups in total. The molecule has 0 aliphatic rings. The maximum atomic E-state index is 12.7. The van der Waals surface area contributed by atoms with Crippen LogP contribution in [0.5, 0.6) is 0 Å². The van der Waals surface area contributed by atoms with Crippen molar-refractivity contribution in [3.05, 3.63) is 33.8 Å². The lowest BCUT2D eigenvalue weighted by molar-refractivity contribution is 0.263. The molecule has 1 aromatic rings. The molecule has 0 aliphatic heterocycles. The van der Waals surface area contributed by atoms with Gasteiger partial charge in [0.1, 0.15) is 0 Å². The smallest absolute Gasteiger partial charge is 0.218 e. The van der Waals surface area contributed by atoms with E-state index in [4.69, 9.17) is 4.43 Å². The summed E-state index contributed by atoms with van der Waals surface area (Å²) in [6.45, 7) is 11.7. The lowest BCUT2D eigenvalue weighted by Crippen LogP contribution is -2.43. The predicted octanol–water partition coefficient (Wildman–Crippen LogP) is 5.13. The van der Waals surface area contributed by atoms with Crippen LogP contribution in [-0.2, 0) is 25.5 Å². The van der Waals surface area contributed by atoms with Gasteiger partial charge < -0.3 is 4.43 Å². The summed E-state index contributed by atoms with van der Waals surface area (Å²) in [5, 5.41) is 0.814. The Bertz CT molecular complexity index is 688. The second kappa shape index (κ2) is 8.97. The molecule has 1 aromatic carbocycles. The van der Waals surface area contributed by atoms with Crippen LogP contribution in [0.1, 0.15) is 31.9 Å². The fraction of sp³-hybridized carbons (Fsp3) is 0.647. The van der Waals surface area contributed by atoms with Gasteiger partial charge in [0, 0.05) is 30.0 Å². The molecule has 0 bridgehead atoms. The first-order valence-corrected chi connectivity index (χ1v) is 14.6. The molecule has 0 heterocycles. The van der Waals surface area contributed by atoms with Crippen molar-refractivity contribution < 1.29 is 12.8 Å². The number of alkyl halides is 1. The molecule has 8 heteroatoms. The third kappa shape index (κ3) is 6.73. The summed E-state index contributed by atoms with van der Waals surface area (Å²) < 4.78 is 33.6. The molecule has 0 aliphatic carbocycles. The highest BCUT2D eigenvalue weighted by Gasteiger charge is 2.37. The summed E-state index contributed by atoms with van der Waals surface area (Å²) in [6, 6.07) is 5.77. The van der Waals surface area contributed by atoms with Gasteiger partial charge in [-0.25, -0.2) is 12.7 Å². The zero-order chi connectivity index (χ0) is 19.5. The van der Waals surface area contributed by atoms with Crippen molar-refractivity contribution >= 4 is 50.2 Å². The van der Waals surface area contributed by atoms with Crippen LogP contribution >= 0.6 is 31.9 Å². The number of hydrogen-bond donors (Lipinski definition) is 0. The van der Waals surface area contributed by atoms with Gasteiger partial charge in [-0.2, -0.15) is 0 Å². The Morgan fingerprint density at radius 2 is 1.84 bits per heavy atom. The van der Waals surface area contributed by atoms with Gasteiger partial charge in [0.2, 0.25) is 10.0 Å². The van der Waals surface area contributed by atoms with Crippen molar-refractivity contribution in [1.29, 1.82) is 0 Å². The molecule has 0 unspecified atom stereocenters. The maximum absolute atomic E-state index is 12.7. The second-order valence-corrected chi connectivity index (χ2v) is 16.0. The Balaban J connectivity index is 2.73. The third-order valence-corrected chi connectivity index (χ3v) is 12.5. The Kier molecular flexibility index (Phi) is 8.36. The summed E-state index contributed by atoms with van der Waals surface area (Å²) in [7, 11) is -3.63. The van der Waals surface area contributed by atoms with Gasteiger partial charge >= 0.3 is 0 Å². The molecular formula is C17H29Br2NO3SSi. The highest BCUT2D eigenvalue weighted by molar-refractivity contribution is 9.10. The molecule has 0 fully saturated rings. The van der Waals surface area contributed by atoms with Crippen molar-refractivity contribution in [3.8, 4) is 0 Å². The molecule has 0 radical (unpaired) electrons. The van der Waals surface area contributed by atoms with Crippen LogP contribution in [0.3, 0.4) is 0 Å². The predicted molar refractivity (Wildman–Crippen MR) is 115 cm³/mol. The van der Waals surface area contributed by atoms with E-state index in [1.807, 2.05) is 18.2 Å². The monoisotopic (exact) mass is 513 g/mol. The van der Waals surface area contributed by atoms with Crippen molar-refractivity contribution in [2.45, 2.75) is 50.0 Å². The van der Waals surface area contributed by atoms with Gasteiger partial charge in [0.15, 0.2) is 8.32 Å². The fourth-order valence-corrected chi connectivity index (χ4v) is 5.07. The molecule has 0 aromatic heterocycles. The first-order chi connectivity index (χ1) is 11.3. The van der Waals surface area contributed by atoms with Gasteiger partial charge in [0.25, 0.3) is 0 Å².